The fourth-order valence-electron chi connectivity index (χ4n) is 3.44. The van der Waals surface area contributed by atoms with Crippen LogP contribution in [-0.4, -0.2) is 11.0 Å². The van der Waals surface area contributed by atoms with Crippen molar-refractivity contribution in [2.75, 3.05) is 5.32 Å². The van der Waals surface area contributed by atoms with Crippen molar-refractivity contribution >= 4 is 11.4 Å². The van der Waals surface area contributed by atoms with Gasteiger partial charge in [0.15, 0.2) is 17.3 Å². The third kappa shape index (κ3) is 2.05. The van der Waals surface area contributed by atoms with Gasteiger partial charge in [0.05, 0.1) is 4.92 Å². The first-order valence-electron chi connectivity index (χ1n) is 6.45. The van der Waals surface area contributed by atoms with Gasteiger partial charge in [-0.1, -0.05) is 6.42 Å². The van der Waals surface area contributed by atoms with E-state index in [4.69, 9.17) is 0 Å². The zero-order chi connectivity index (χ0) is 13.6. The Hall–Kier alpha value is -1.72. The van der Waals surface area contributed by atoms with Crippen LogP contribution in [0.1, 0.15) is 25.7 Å². The van der Waals surface area contributed by atoms with E-state index in [1.807, 2.05) is 0 Å². The van der Waals surface area contributed by atoms with Crippen LogP contribution in [0.25, 0.3) is 0 Å². The van der Waals surface area contributed by atoms with Gasteiger partial charge in [-0.2, -0.15) is 0 Å². The van der Waals surface area contributed by atoms with Crippen molar-refractivity contribution in [1.82, 2.24) is 0 Å². The quantitative estimate of drug-likeness (QED) is 0.674. The number of hydrogen-bond acceptors (Lipinski definition) is 3. The van der Waals surface area contributed by atoms with Crippen LogP contribution in [-0.2, 0) is 0 Å². The number of halogens is 2. The number of nitro groups is 1. The van der Waals surface area contributed by atoms with Crippen molar-refractivity contribution in [3.05, 3.63) is 33.9 Å². The zero-order valence-electron chi connectivity index (χ0n) is 10.2. The van der Waals surface area contributed by atoms with Gasteiger partial charge in [0.25, 0.3) is 5.69 Å². The minimum atomic E-state index is -1.16. The molecule has 1 aromatic rings. The van der Waals surface area contributed by atoms with Gasteiger partial charge in [-0.25, -0.2) is 8.78 Å². The number of nitrogens with zero attached hydrogens (tertiary/aromatic N) is 1. The lowest BCUT2D eigenvalue weighted by molar-refractivity contribution is -0.384. The highest BCUT2D eigenvalue weighted by Crippen LogP contribution is 2.46. The molecule has 2 aliphatic rings. The van der Waals surface area contributed by atoms with Gasteiger partial charge in [0.2, 0.25) is 0 Å². The molecule has 2 fully saturated rings. The summed E-state index contributed by atoms with van der Waals surface area (Å²) in [6.45, 7) is 0. The Labute approximate surface area is 109 Å². The second kappa shape index (κ2) is 4.43. The Bertz CT molecular complexity index is 536. The number of anilines is 1. The van der Waals surface area contributed by atoms with E-state index in [1.54, 1.807) is 0 Å². The molecule has 0 radical (unpaired) electrons. The standard InChI is InChI=1S/C13H14F2N2O2/c14-9-3-4-11(17(18)19)13(12(9)15)16-10-6-7-1-2-8(10)5-7/h3-4,7-8,10,16H,1-2,5-6H2. The van der Waals surface area contributed by atoms with Gasteiger partial charge in [-0.05, 0) is 37.2 Å². The van der Waals surface area contributed by atoms with Crippen LogP contribution in [0.15, 0.2) is 12.1 Å². The molecule has 3 unspecified atom stereocenters. The molecule has 0 aliphatic heterocycles. The van der Waals surface area contributed by atoms with Crippen molar-refractivity contribution in [2.45, 2.75) is 31.7 Å². The molecule has 19 heavy (non-hydrogen) atoms. The van der Waals surface area contributed by atoms with E-state index in [0.29, 0.717) is 11.8 Å². The number of rotatable bonds is 3. The third-order valence-corrected chi connectivity index (χ3v) is 4.34. The molecule has 1 N–H and O–H groups in total. The number of benzene rings is 1. The lowest BCUT2D eigenvalue weighted by Gasteiger charge is -2.24. The van der Waals surface area contributed by atoms with Gasteiger partial charge >= 0.3 is 0 Å². The predicted molar refractivity (Wildman–Crippen MR) is 65.9 cm³/mol. The molecule has 0 amide bonds. The third-order valence-electron chi connectivity index (χ3n) is 4.34. The highest BCUT2D eigenvalue weighted by Gasteiger charge is 2.40. The number of nitrogens with one attached hydrogen (secondary N) is 1. The van der Waals surface area contributed by atoms with Crippen LogP contribution in [0, 0.1) is 33.6 Å². The van der Waals surface area contributed by atoms with Gasteiger partial charge < -0.3 is 5.32 Å². The molecule has 102 valence electrons. The van der Waals surface area contributed by atoms with Crippen LogP contribution in [0.5, 0.6) is 0 Å². The first-order chi connectivity index (χ1) is 9.06. The monoisotopic (exact) mass is 268 g/mol. The lowest BCUT2D eigenvalue weighted by atomic mass is 9.95. The van der Waals surface area contributed by atoms with Gasteiger partial charge in [0, 0.05) is 12.1 Å². The van der Waals surface area contributed by atoms with E-state index in [9.17, 15) is 18.9 Å². The average molecular weight is 268 g/mol. The lowest BCUT2D eigenvalue weighted by Crippen LogP contribution is -2.27. The fourth-order valence-corrected chi connectivity index (χ4v) is 3.44. The minimum Gasteiger partial charge on any atom is -0.374 e. The maximum Gasteiger partial charge on any atom is 0.295 e. The van der Waals surface area contributed by atoms with E-state index in [0.717, 1.165) is 31.4 Å². The molecule has 4 nitrogen and oxygen atoms in total. The molecule has 2 aliphatic carbocycles. The summed E-state index contributed by atoms with van der Waals surface area (Å²) in [5.74, 6) is -1.17. The number of fused-ring (bicyclic) bond motifs is 2. The topological polar surface area (TPSA) is 55.2 Å². The van der Waals surface area contributed by atoms with E-state index in [1.165, 1.54) is 6.42 Å². The molecule has 0 spiro atoms. The largest absolute Gasteiger partial charge is 0.374 e. The van der Waals surface area contributed by atoms with E-state index in [-0.39, 0.29) is 11.7 Å². The summed E-state index contributed by atoms with van der Waals surface area (Å²) in [6.07, 6.45) is 4.21. The smallest absolute Gasteiger partial charge is 0.295 e. The molecule has 1 aromatic carbocycles. The van der Waals surface area contributed by atoms with Crippen LogP contribution < -0.4 is 5.32 Å². The van der Waals surface area contributed by atoms with E-state index in [2.05, 4.69) is 5.32 Å². The summed E-state index contributed by atoms with van der Waals surface area (Å²) >= 11 is 0. The van der Waals surface area contributed by atoms with E-state index < -0.39 is 22.2 Å². The number of nitro benzene ring substituents is 1. The minimum absolute atomic E-state index is 0.0220. The highest BCUT2D eigenvalue weighted by molar-refractivity contribution is 5.63. The summed E-state index contributed by atoms with van der Waals surface area (Å²) in [6, 6.07) is 1.82. The molecule has 3 rings (SSSR count). The van der Waals surface area contributed by atoms with Gasteiger partial charge in [0.1, 0.15) is 0 Å². The molecule has 0 heterocycles. The first-order valence-corrected chi connectivity index (χ1v) is 6.45. The molecule has 6 heteroatoms. The average Bonchev–Trinajstić information content (AvgIpc) is 2.97. The number of hydrogen-bond donors (Lipinski definition) is 1. The van der Waals surface area contributed by atoms with Gasteiger partial charge in [-0.15, -0.1) is 0 Å². The van der Waals surface area contributed by atoms with Crippen molar-refractivity contribution in [3.8, 4) is 0 Å². The Kier molecular flexibility index (Phi) is 2.88. The van der Waals surface area contributed by atoms with Crippen molar-refractivity contribution < 1.29 is 13.7 Å². The maximum absolute atomic E-state index is 13.8. The molecule has 3 atom stereocenters. The summed E-state index contributed by atoms with van der Waals surface area (Å²) in [4.78, 5) is 10.2. The molecular weight excluding hydrogens is 254 g/mol. The van der Waals surface area contributed by atoms with Crippen LogP contribution in [0.2, 0.25) is 0 Å². The van der Waals surface area contributed by atoms with Gasteiger partial charge in [-0.3, -0.25) is 10.1 Å². The zero-order valence-corrected chi connectivity index (χ0v) is 10.2. The van der Waals surface area contributed by atoms with Crippen molar-refractivity contribution in [1.29, 1.82) is 0 Å². The summed E-state index contributed by atoms with van der Waals surface area (Å²) < 4.78 is 27.0. The Morgan fingerprint density at radius 1 is 1.26 bits per heavy atom. The first kappa shape index (κ1) is 12.3. The normalized spacial score (nSPS) is 28.6. The van der Waals surface area contributed by atoms with Crippen LogP contribution in [0.4, 0.5) is 20.2 Å². The second-order valence-corrected chi connectivity index (χ2v) is 5.44. The summed E-state index contributed by atoms with van der Waals surface area (Å²) in [7, 11) is 0. The molecule has 0 saturated heterocycles. The molecule has 0 aromatic heterocycles. The SMILES string of the molecule is O=[N+]([O-])c1ccc(F)c(F)c1NC1CC2CCC1C2. The highest BCUT2D eigenvalue weighted by atomic mass is 19.2. The maximum atomic E-state index is 13.8. The second-order valence-electron chi connectivity index (χ2n) is 5.44. The molecular formula is C13H14F2N2O2. The predicted octanol–water partition coefficient (Wildman–Crippen LogP) is 3.47. The van der Waals surface area contributed by atoms with Crippen molar-refractivity contribution in [3.63, 3.8) is 0 Å². The van der Waals surface area contributed by atoms with Crippen molar-refractivity contribution in [2.24, 2.45) is 11.8 Å². The van der Waals surface area contributed by atoms with Crippen LogP contribution in [0.3, 0.4) is 0 Å². The molecule has 2 saturated carbocycles. The Morgan fingerprint density at radius 3 is 2.63 bits per heavy atom. The molecule has 2 bridgehead atoms. The Morgan fingerprint density at radius 2 is 2.05 bits per heavy atom. The Balaban J connectivity index is 1.91. The van der Waals surface area contributed by atoms with Crippen LogP contribution >= 0.6 is 0 Å². The fraction of sp³-hybridized carbons (Fsp3) is 0.538. The van der Waals surface area contributed by atoms with E-state index >= 15 is 0 Å². The summed E-state index contributed by atoms with van der Waals surface area (Å²) in [5, 5.41) is 13.8. The summed E-state index contributed by atoms with van der Waals surface area (Å²) in [5.41, 5.74) is -0.704.